The van der Waals surface area contributed by atoms with Gasteiger partial charge in [0.25, 0.3) is 0 Å². The SMILES string of the molecule is CCc1nn(C)c(NCC2(CC)CC2)c1[N+](=O)[O-]. The number of nitrogens with zero attached hydrogens (tertiary/aromatic N) is 3. The Morgan fingerprint density at radius 3 is 2.61 bits per heavy atom. The van der Waals surface area contributed by atoms with Gasteiger partial charge in [-0.15, -0.1) is 0 Å². The summed E-state index contributed by atoms with van der Waals surface area (Å²) in [4.78, 5) is 10.8. The summed E-state index contributed by atoms with van der Waals surface area (Å²) < 4.78 is 1.59. The van der Waals surface area contributed by atoms with Crippen LogP contribution in [0.25, 0.3) is 0 Å². The third-order valence-corrected chi connectivity index (χ3v) is 3.95. The molecule has 1 aliphatic rings. The largest absolute Gasteiger partial charge is 0.364 e. The molecule has 0 saturated heterocycles. The van der Waals surface area contributed by atoms with Crippen LogP contribution in [0.4, 0.5) is 11.5 Å². The van der Waals surface area contributed by atoms with Crippen molar-refractivity contribution in [3.05, 3.63) is 15.8 Å². The highest BCUT2D eigenvalue weighted by atomic mass is 16.6. The van der Waals surface area contributed by atoms with E-state index in [4.69, 9.17) is 0 Å². The van der Waals surface area contributed by atoms with Gasteiger partial charge in [-0.2, -0.15) is 5.10 Å². The van der Waals surface area contributed by atoms with E-state index in [1.54, 1.807) is 11.7 Å². The predicted octanol–water partition coefficient (Wildman–Crippen LogP) is 2.49. The summed E-state index contributed by atoms with van der Waals surface area (Å²) in [6.07, 6.45) is 4.11. The third-order valence-electron chi connectivity index (χ3n) is 3.95. The minimum atomic E-state index is -0.334. The second-order valence-corrected chi connectivity index (χ2v) is 5.09. The minimum absolute atomic E-state index is 0.131. The van der Waals surface area contributed by atoms with Crippen molar-refractivity contribution < 1.29 is 4.92 Å². The van der Waals surface area contributed by atoms with Crippen LogP contribution in [0.15, 0.2) is 0 Å². The monoisotopic (exact) mass is 252 g/mol. The molecule has 0 atom stereocenters. The first kappa shape index (κ1) is 12.9. The van der Waals surface area contributed by atoms with Crippen LogP contribution in [-0.2, 0) is 13.5 Å². The quantitative estimate of drug-likeness (QED) is 0.623. The van der Waals surface area contributed by atoms with Crippen molar-refractivity contribution in [2.24, 2.45) is 12.5 Å². The van der Waals surface area contributed by atoms with Gasteiger partial charge in [-0.25, -0.2) is 4.68 Å². The van der Waals surface area contributed by atoms with Gasteiger partial charge in [0, 0.05) is 13.6 Å². The molecule has 0 bridgehead atoms. The summed E-state index contributed by atoms with van der Waals surface area (Å²) in [5.41, 5.74) is 1.03. The Balaban J connectivity index is 2.21. The standard InChI is InChI=1S/C12H20N4O2/c1-4-9-10(16(17)18)11(15(3)14-9)13-8-12(5-2)6-7-12/h13H,4-8H2,1-3H3. The van der Waals surface area contributed by atoms with Crippen molar-refractivity contribution in [3.63, 3.8) is 0 Å². The Morgan fingerprint density at radius 1 is 1.50 bits per heavy atom. The average molecular weight is 252 g/mol. The summed E-state index contributed by atoms with van der Waals surface area (Å²) in [6, 6.07) is 0. The zero-order valence-corrected chi connectivity index (χ0v) is 11.2. The predicted molar refractivity (Wildman–Crippen MR) is 69.7 cm³/mol. The van der Waals surface area contributed by atoms with E-state index in [2.05, 4.69) is 17.3 Å². The number of anilines is 1. The lowest BCUT2D eigenvalue weighted by Gasteiger charge is -2.13. The molecule has 0 radical (unpaired) electrons. The zero-order chi connectivity index (χ0) is 13.3. The van der Waals surface area contributed by atoms with Gasteiger partial charge in [-0.05, 0) is 31.1 Å². The van der Waals surface area contributed by atoms with Crippen molar-refractivity contribution in [2.75, 3.05) is 11.9 Å². The lowest BCUT2D eigenvalue weighted by Crippen LogP contribution is -2.17. The van der Waals surface area contributed by atoms with Gasteiger partial charge in [0.2, 0.25) is 5.82 Å². The minimum Gasteiger partial charge on any atom is -0.364 e. The molecule has 2 rings (SSSR count). The summed E-state index contributed by atoms with van der Waals surface area (Å²) >= 11 is 0. The van der Waals surface area contributed by atoms with E-state index in [-0.39, 0.29) is 10.6 Å². The van der Waals surface area contributed by atoms with Crippen LogP contribution < -0.4 is 5.32 Å². The lowest BCUT2D eigenvalue weighted by atomic mass is 10.0. The lowest BCUT2D eigenvalue weighted by molar-refractivity contribution is -0.384. The fourth-order valence-corrected chi connectivity index (χ4v) is 2.30. The van der Waals surface area contributed by atoms with Crippen LogP contribution in [0, 0.1) is 15.5 Å². The molecule has 18 heavy (non-hydrogen) atoms. The fourth-order valence-electron chi connectivity index (χ4n) is 2.30. The van der Waals surface area contributed by atoms with E-state index in [1.807, 2.05) is 6.92 Å². The summed E-state index contributed by atoms with van der Waals surface area (Å²) in [5, 5.41) is 18.6. The van der Waals surface area contributed by atoms with E-state index in [0.717, 1.165) is 13.0 Å². The maximum atomic E-state index is 11.1. The molecule has 0 spiro atoms. The van der Waals surface area contributed by atoms with E-state index < -0.39 is 0 Å². The van der Waals surface area contributed by atoms with Gasteiger partial charge >= 0.3 is 5.69 Å². The normalized spacial score (nSPS) is 16.6. The van der Waals surface area contributed by atoms with Gasteiger partial charge in [-0.3, -0.25) is 10.1 Å². The van der Waals surface area contributed by atoms with Crippen molar-refractivity contribution >= 4 is 11.5 Å². The highest BCUT2D eigenvalue weighted by molar-refractivity contribution is 5.60. The van der Waals surface area contributed by atoms with Crippen molar-refractivity contribution in [2.45, 2.75) is 39.5 Å². The molecule has 6 heteroatoms. The van der Waals surface area contributed by atoms with E-state index in [1.165, 1.54) is 12.8 Å². The van der Waals surface area contributed by atoms with Crippen LogP contribution >= 0.6 is 0 Å². The smallest absolute Gasteiger partial charge is 0.333 e. The Hall–Kier alpha value is -1.59. The topological polar surface area (TPSA) is 73.0 Å². The fraction of sp³-hybridized carbons (Fsp3) is 0.750. The van der Waals surface area contributed by atoms with Gasteiger partial charge in [-0.1, -0.05) is 13.8 Å². The molecule has 1 aromatic rings. The van der Waals surface area contributed by atoms with Crippen molar-refractivity contribution in [1.82, 2.24) is 9.78 Å². The maximum Gasteiger partial charge on any atom is 0.333 e. The highest BCUT2D eigenvalue weighted by Crippen LogP contribution is 2.48. The molecule has 1 fully saturated rings. The number of aromatic nitrogens is 2. The first-order valence-corrected chi connectivity index (χ1v) is 6.47. The first-order chi connectivity index (χ1) is 8.53. The maximum absolute atomic E-state index is 11.1. The van der Waals surface area contributed by atoms with E-state index in [0.29, 0.717) is 23.3 Å². The second kappa shape index (κ2) is 4.59. The van der Waals surface area contributed by atoms with E-state index in [9.17, 15) is 10.1 Å². The Kier molecular flexibility index (Phi) is 3.28. The molecule has 1 N–H and O–H groups in total. The Labute approximate surface area is 107 Å². The van der Waals surface area contributed by atoms with Gasteiger partial charge < -0.3 is 5.32 Å². The first-order valence-electron chi connectivity index (χ1n) is 6.47. The van der Waals surface area contributed by atoms with Crippen molar-refractivity contribution in [1.29, 1.82) is 0 Å². The third kappa shape index (κ3) is 2.19. The number of hydrogen-bond donors (Lipinski definition) is 1. The zero-order valence-electron chi connectivity index (χ0n) is 11.2. The van der Waals surface area contributed by atoms with Crippen LogP contribution in [0.5, 0.6) is 0 Å². The molecular formula is C12H20N4O2. The van der Waals surface area contributed by atoms with Gasteiger partial charge in [0.1, 0.15) is 5.69 Å². The van der Waals surface area contributed by atoms with Crippen LogP contribution in [0.1, 0.15) is 38.8 Å². The summed E-state index contributed by atoms with van der Waals surface area (Å²) in [6.45, 7) is 4.85. The molecule has 1 saturated carbocycles. The number of nitrogens with one attached hydrogen (secondary N) is 1. The average Bonchev–Trinajstić information content (AvgIpc) is 3.05. The Morgan fingerprint density at radius 2 is 2.17 bits per heavy atom. The molecule has 1 aliphatic carbocycles. The van der Waals surface area contributed by atoms with Gasteiger partial charge in [0.15, 0.2) is 0 Å². The van der Waals surface area contributed by atoms with Crippen LogP contribution in [0.2, 0.25) is 0 Å². The number of hydrogen-bond acceptors (Lipinski definition) is 4. The molecule has 1 heterocycles. The van der Waals surface area contributed by atoms with Crippen LogP contribution in [0.3, 0.4) is 0 Å². The van der Waals surface area contributed by atoms with Gasteiger partial charge in [0.05, 0.1) is 4.92 Å². The number of aryl methyl sites for hydroxylation is 2. The number of nitro groups is 1. The molecular weight excluding hydrogens is 232 g/mol. The second-order valence-electron chi connectivity index (χ2n) is 5.09. The summed E-state index contributed by atoms with van der Waals surface area (Å²) in [7, 11) is 1.75. The number of rotatable bonds is 6. The Bertz CT molecular complexity index is 463. The molecule has 6 nitrogen and oxygen atoms in total. The highest BCUT2D eigenvalue weighted by Gasteiger charge is 2.41. The molecule has 1 aromatic heterocycles. The van der Waals surface area contributed by atoms with E-state index >= 15 is 0 Å². The molecule has 100 valence electrons. The molecule has 0 aromatic carbocycles. The van der Waals surface area contributed by atoms with Crippen LogP contribution in [-0.4, -0.2) is 21.2 Å². The van der Waals surface area contributed by atoms with Crippen molar-refractivity contribution in [3.8, 4) is 0 Å². The molecule has 0 unspecified atom stereocenters. The molecule has 0 aliphatic heterocycles. The molecule has 0 amide bonds. The summed E-state index contributed by atoms with van der Waals surface area (Å²) in [5.74, 6) is 0.538.